The summed E-state index contributed by atoms with van der Waals surface area (Å²) < 4.78 is 32.8. The summed E-state index contributed by atoms with van der Waals surface area (Å²) in [6, 6.07) is 12.0. The Labute approximate surface area is 187 Å². The van der Waals surface area contributed by atoms with Crippen molar-refractivity contribution < 1.29 is 17.7 Å². The zero-order chi connectivity index (χ0) is 22.9. The van der Waals surface area contributed by atoms with Crippen LogP contribution in [0.5, 0.6) is 0 Å². The van der Waals surface area contributed by atoms with Crippen LogP contribution >= 0.6 is 0 Å². The fourth-order valence-electron chi connectivity index (χ4n) is 3.79. The number of nitrogens with one attached hydrogen (secondary N) is 1. The van der Waals surface area contributed by atoms with Gasteiger partial charge in [-0.2, -0.15) is 9.29 Å². The number of hydrogen-bond acceptors (Lipinski definition) is 6. The third-order valence-corrected chi connectivity index (χ3v) is 7.71. The molecular formula is C23H26N4O4S. The molecule has 0 atom stereocenters. The molecule has 4 rings (SSSR count). The Morgan fingerprint density at radius 2 is 1.81 bits per heavy atom. The van der Waals surface area contributed by atoms with Crippen LogP contribution in [0.25, 0.3) is 22.8 Å². The predicted molar refractivity (Wildman–Crippen MR) is 121 cm³/mol. The van der Waals surface area contributed by atoms with Gasteiger partial charge in [0.25, 0.3) is 5.89 Å². The van der Waals surface area contributed by atoms with Crippen LogP contribution in [0.1, 0.15) is 32.3 Å². The van der Waals surface area contributed by atoms with Crippen LogP contribution in [0.2, 0.25) is 0 Å². The van der Waals surface area contributed by atoms with Gasteiger partial charge in [-0.1, -0.05) is 18.1 Å². The molecule has 1 aliphatic heterocycles. The van der Waals surface area contributed by atoms with Gasteiger partial charge in [-0.15, -0.1) is 0 Å². The Kier molecular flexibility index (Phi) is 6.12. The Hall–Kier alpha value is -3.04. The standard InChI is InChI=1S/C23H26N4O4S/c1-15-11-13-27(14-12-15)32(29,30)19-9-7-18(8-10-19)22-25-23(31-26-22)20-5-4-6-21(16(20)2)24-17(3)28/h4-10,15H,11-14H2,1-3H3,(H,24,28). The second-order valence-electron chi connectivity index (χ2n) is 8.19. The fourth-order valence-corrected chi connectivity index (χ4v) is 5.26. The smallest absolute Gasteiger partial charge is 0.258 e. The largest absolute Gasteiger partial charge is 0.334 e. The highest BCUT2D eigenvalue weighted by Gasteiger charge is 2.28. The van der Waals surface area contributed by atoms with Crippen LogP contribution in [-0.2, 0) is 14.8 Å². The van der Waals surface area contributed by atoms with Crippen LogP contribution in [0, 0.1) is 12.8 Å². The van der Waals surface area contributed by atoms with Gasteiger partial charge in [-0.3, -0.25) is 4.79 Å². The zero-order valence-electron chi connectivity index (χ0n) is 18.3. The SMILES string of the molecule is CC(=O)Nc1cccc(-c2nc(-c3ccc(S(=O)(=O)N4CCC(C)CC4)cc3)no2)c1C. The molecule has 0 aliphatic carbocycles. The summed E-state index contributed by atoms with van der Waals surface area (Å²) in [7, 11) is -3.51. The van der Waals surface area contributed by atoms with E-state index < -0.39 is 10.0 Å². The summed E-state index contributed by atoms with van der Waals surface area (Å²) in [5.41, 5.74) is 2.86. The first kappa shape index (κ1) is 22.2. The lowest BCUT2D eigenvalue weighted by atomic mass is 10.0. The molecular weight excluding hydrogens is 428 g/mol. The lowest BCUT2D eigenvalue weighted by molar-refractivity contribution is -0.114. The second-order valence-corrected chi connectivity index (χ2v) is 10.1. The molecule has 0 radical (unpaired) electrons. The number of amides is 1. The van der Waals surface area contributed by atoms with Gasteiger partial charge < -0.3 is 9.84 Å². The van der Waals surface area contributed by atoms with Gasteiger partial charge in [0.2, 0.25) is 21.8 Å². The van der Waals surface area contributed by atoms with Crippen molar-refractivity contribution in [2.45, 2.75) is 38.5 Å². The number of carbonyl (C=O) groups is 1. The summed E-state index contributed by atoms with van der Waals surface area (Å²) in [5, 5.41) is 6.83. The molecule has 3 aromatic rings. The molecule has 1 amide bonds. The number of carbonyl (C=O) groups excluding carboxylic acids is 1. The third-order valence-electron chi connectivity index (χ3n) is 5.79. The molecule has 8 nitrogen and oxygen atoms in total. The number of piperidine rings is 1. The van der Waals surface area contributed by atoms with E-state index in [0.717, 1.165) is 18.4 Å². The minimum atomic E-state index is -3.51. The van der Waals surface area contributed by atoms with Crippen molar-refractivity contribution in [1.82, 2.24) is 14.4 Å². The summed E-state index contributed by atoms with van der Waals surface area (Å²) in [4.78, 5) is 16.1. The number of rotatable bonds is 5. The van der Waals surface area contributed by atoms with Gasteiger partial charge in [0.05, 0.1) is 4.90 Å². The van der Waals surface area contributed by atoms with Crippen molar-refractivity contribution in [3.8, 4) is 22.8 Å². The molecule has 0 bridgehead atoms. The van der Waals surface area contributed by atoms with Crippen LogP contribution < -0.4 is 5.32 Å². The lowest BCUT2D eigenvalue weighted by Crippen LogP contribution is -2.37. The first-order valence-electron chi connectivity index (χ1n) is 10.6. The van der Waals surface area contributed by atoms with Crippen LogP contribution in [0.4, 0.5) is 5.69 Å². The molecule has 2 aromatic carbocycles. The van der Waals surface area contributed by atoms with Crippen molar-refractivity contribution in [2.24, 2.45) is 5.92 Å². The summed E-state index contributed by atoms with van der Waals surface area (Å²) >= 11 is 0. The Morgan fingerprint density at radius 1 is 1.12 bits per heavy atom. The maximum atomic E-state index is 12.9. The second kappa shape index (κ2) is 8.84. The van der Waals surface area contributed by atoms with E-state index in [9.17, 15) is 13.2 Å². The van der Waals surface area contributed by atoms with E-state index in [-0.39, 0.29) is 10.8 Å². The number of sulfonamides is 1. The van der Waals surface area contributed by atoms with Crippen molar-refractivity contribution in [3.05, 3.63) is 48.0 Å². The Bertz CT molecular complexity index is 1230. The van der Waals surface area contributed by atoms with Crippen LogP contribution in [-0.4, -0.2) is 41.9 Å². The van der Waals surface area contributed by atoms with Gasteiger partial charge in [0, 0.05) is 36.8 Å². The average Bonchev–Trinajstić information content (AvgIpc) is 3.25. The van der Waals surface area contributed by atoms with E-state index in [1.807, 2.05) is 13.0 Å². The minimum Gasteiger partial charge on any atom is -0.334 e. The number of nitrogens with zero attached hydrogens (tertiary/aromatic N) is 3. The number of aromatic nitrogens is 2. The number of anilines is 1. The highest BCUT2D eigenvalue weighted by molar-refractivity contribution is 7.89. The fraction of sp³-hybridized carbons (Fsp3) is 0.348. The average molecular weight is 455 g/mol. The van der Waals surface area contributed by atoms with Crippen LogP contribution in [0.3, 0.4) is 0 Å². The van der Waals surface area contributed by atoms with Crippen molar-refractivity contribution >= 4 is 21.6 Å². The van der Waals surface area contributed by atoms with E-state index in [0.29, 0.717) is 47.5 Å². The number of hydrogen-bond donors (Lipinski definition) is 1. The molecule has 2 heterocycles. The molecule has 1 saturated heterocycles. The van der Waals surface area contributed by atoms with E-state index in [1.54, 1.807) is 40.7 Å². The van der Waals surface area contributed by atoms with Crippen LogP contribution in [0.15, 0.2) is 51.9 Å². The highest BCUT2D eigenvalue weighted by Crippen LogP contribution is 2.30. The molecule has 1 aromatic heterocycles. The quantitative estimate of drug-likeness (QED) is 0.622. The van der Waals surface area contributed by atoms with E-state index >= 15 is 0 Å². The predicted octanol–water partition coefficient (Wildman–Crippen LogP) is 4.09. The van der Waals surface area contributed by atoms with Gasteiger partial charge in [-0.25, -0.2) is 8.42 Å². The van der Waals surface area contributed by atoms with Crippen molar-refractivity contribution in [3.63, 3.8) is 0 Å². The van der Waals surface area contributed by atoms with Crippen molar-refractivity contribution in [1.29, 1.82) is 0 Å². The molecule has 9 heteroatoms. The zero-order valence-corrected chi connectivity index (χ0v) is 19.1. The molecule has 168 valence electrons. The molecule has 1 aliphatic rings. The normalized spacial score (nSPS) is 15.6. The van der Waals surface area contributed by atoms with Gasteiger partial charge in [0.15, 0.2) is 0 Å². The third kappa shape index (κ3) is 4.44. The van der Waals surface area contributed by atoms with Crippen molar-refractivity contribution in [2.75, 3.05) is 18.4 Å². The molecule has 32 heavy (non-hydrogen) atoms. The summed E-state index contributed by atoms with van der Waals surface area (Å²) in [6.07, 6.45) is 1.76. The Morgan fingerprint density at radius 3 is 2.47 bits per heavy atom. The highest BCUT2D eigenvalue weighted by atomic mass is 32.2. The van der Waals surface area contributed by atoms with Gasteiger partial charge >= 0.3 is 0 Å². The first-order chi connectivity index (χ1) is 15.3. The summed E-state index contributed by atoms with van der Waals surface area (Å²) in [5.74, 6) is 1.08. The molecule has 0 spiro atoms. The van der Waals surface area contributed by atoms with Gasteiger partial charge in [0.1, 0.15) is 0 Å². The van der Waals surface area contributed by atoms with Gasteiger partial charge in [-0.05, 0) is 67.6 Å². The Balaban J connectivity index is 1.56. The maximum Gasteiger partial charge on any atom is 0.258 e. The molecule has 0 saturated carbocycles. The molecule has 1 N–H and O–H groups in total. The summed E-state index contributed by atoms with van der Waals surface area (Å²) in [6.45, 7) is 6.57. The van der Waals surface area contributed by atoms with E-state index in [2.05, 4.69) is 22.4 Å². The van der Waals surface area contributed by atoms with E-state index in [1.165, 1.54) is 6.92 Å². The lowest BCUT2D eigenvalue weighted by Gasteiger charge is -2.29. The molecule has 0 unspecified atom stereocenters. The first-order valence-corrected chi connectivity index (χ1v) is 12.0. The molecule has 1 fully saturated rings. The topological polar surface area (TPSA) is 105 Å². The number of benzene rings is 2. The monoisotopic (exact) mass is 454 g/mol. The van der Waals surface area contributed by atoms with E-state index in [4.69, 9.17) is 4.52 Å². The minimum absolute atomic E-state index is 0.162. The maximum absolute atomic E-state index is 12.9.